The van der Waals surface area contributed by atoms with Crippen molar-refractivity contribution >= 4 is 34.6 Å². The van der Waals surface area contributed by atoms with Crippen LogP contribution in [0.15, 0.2) is 122 Å². The van der Waals surface area contributed by atoms with Gasteiger partial charge in [0.1, 0.15) is 5.75 Å². The lowest BCUT2D eigenvalue weighted by molar-refractivity contribution is 0.0600. The maximum absolute atomic E-state index is 12.0. The van der Waals surface area contributed by atoms with Gasteiger partial charge < -0.3 is 38.6 Å². The monoisotopic (exact) mass is 895 g/mol. The quantitative estimate of drug-likeness (QED) is 0.0478. The number of hydrogen-bond acceptors (Lipinski definition) is 13. The maximum atomic E-state index is 12.0. The Morgan fingerprint density at radius 1 is 0.652 bits per heavy atom. The number of aromatic nitrogens is 2. The minimum absolute atomic E-state index is 0.0397. The highest BCUT2D eigenvalue weighted by Gasteiger charge is 2.24. The lowest BCUT2D eigenvalue weighted by Crippen LogP contribution is -2.21. The predicted molar refractivity (Wildman–Crippen MR) is 252 cm³/mol. The summed E-state index contributed by atoms with van der Waals surface area (Å²) in [5, 5.41) is 19.2. The molecule has 0 aliphatic heterocycles. The number of esters is 1. The van der Waals surface area contributed by atoms with Crippen LogP contribution < -0.4 is 34.2 Å². The molecule has 0 radical (unpaired) electrons. The molecule has 0 spiro atoms. The van der Waals surface area contributed by atoms with Gasteiger partial charge in [0.05, 0.1) is 44.7 Å². The molecular formula is C52H57N5O9. The second-order valence-electron chi connectivity index (χ2n) is 16.2. The van der Waals surface area contributed by atoms with Gasteiger partial charge in [-0.2, -0.15) is 0 Å². The van der Waals surface area contributed by atoms with Gasteiger partial charge >= 0.3 is 5.97 Å². The number of anilines is 4. The van der Waals surface area contributed by atoms with Crippen LogP contribution in [0, 0.1) is 6.92 Å². The Bertz CT molecular complexity index is 2550. The molecule has 2 saturated carbocycles. The van der Waals surface area contributed by atoms with E-state index in [1.165, 1.54) is 32.1 Å². The lowest BCUT2D eigenvalue weighted by Gasteiger charge is -2.28. The van der Waals surface area contributed by atoms with Gasteiger partial charge in [0.2, 0.25) is 0 Å². The van der Waals surface area contributed by atoms with E-state index in [1.807, 2.05) is 84.8 Å². The number of amides is 1. The minimum Gasteiger partial charge on any atom is -0.507 e. The molecule has 14 heteroatoms. The van der Waals surface area contributed by atoms with Gasteiger partial charge in [-0.05, 0) is 148 Å². The average Bonchev–Trinajstić information content (AvgIpc) is 4.08. The summed E-state index contributed by atoms with van der Waals surface area (Å²) < 4.78 is 28.6. The number of hydroxylamine groups is 1. The number of carbonyl (C=O) groups excluding carboxylic acids is 2. The van der Waals surface area contributed by atoms with Gasteiger partial charge in [0, 0.05) is 72.8 Å². The number of nitrogens with zero attached hydrogens (tertiary/aromatic N) is 4. The van der Waals surface area contributed by atoms with Crippen LogP contribution in [0.2, 0.25) is 0 Å². The first kappa shape index (κ1) is 46.7. The summed E-state index contributed by atoms with van der Waals surface area (Å²) in [6.45, 7) is 3.06. The van der Waals surface area contributed by atoms with Gasteiger partial charge in [0.15, 0.2) is 23.0 Å². The second kappa shape index (κ2) is 22.5. The first-order valence-corrected chi connectivity index (χ1v) is 22.2. The number of aryl methyl sites for hydroxylation is 1. The summed E-state index contributed by atoms with van der Waals surface area (Å²) in [6.07, 6.45) is 16.4. The lowest BCUT2D eigenvalue weighted by atomic mass is 10.1. The number of rotatable bonds is 16. The smallest absolute Gasteiger partial charge is 0.337 e. The van der Waals surface area contributed by atoms with Crippen LogP contribution in [0.4, 0.5) is 22.7 Å². The normalized spacial score (nSPS) is 13.5. The molecule has 1 amide bonds. The molecule has 2 heterocycles. The van der Waals surface area contributed by atoms with Crippen molar-refractivity contribution in [3.63, 3.8) is 0 Å². The Kier molecular flexibility index (Phi) is 15.9. The Hall–Kier alpha value is -7.32. The largest absolute Gasteiger partial charge is 0.507 e. The highest BCUT2D eigenvalue weighted by atomic mass is 16.5. The van der Waals surface area contributed by atoms with Gasteiger partial charge in [-0.1, -0.05) is 12.1 Å². The first-order valence-electron chi connectivity index (χ1n) is 22.2. The van der Waals surface area contributed by atoms with Crippen LogP contribution >= 0.6 is 0 Å². The van der Waals surface area contributed by atoms with Crippen molar-refractivity contribution in [3.8, 4) is 28.7 Å². The van der Waals surface area contributed by atoms with Crippen LogP contribution in [0.25, 0.3) is 0 Å². The van der Waals surface area contributed by atoms with Gasteiger partial charge in [-0.15, -0.1) is 0 Å². The Labute approximate surface area is 385 Å². The summed E-state index contributed by atoms with van der Waals surface area (Å²) >= 11 is 0. The summed E-state index contributed by atoms with van der Waals surface area (Å²) in [7, 11) is 4.67. The van der Waals surface area contributed by atoms with E-state index in [1.54, 1.807) is 50.4 Å². The molecule has 2 aliphatic rings. The molecule has 14 nitrogen and oxygen atoms in total. The van der Waals surface area contributed by atoms with Crippen molar-refractivity contribution in [2.24, 2.45) is 0 Å². The molecular weight excluding hydrogens is 839 g/mol. The van der Waals surface area contributed by atoms with Crippen molar-refractivity contribution in [1.82, 2.24) is 15.4 Å². The molecule has 8 rings (SSSR count). The number of nitrogens with one attached hydrogen (secondary N) is 1. The number of ether oxygens (including phenoxy) is 5. The van der Waals surface area contributed by atoms with E-state index < -0.39 is 5.91 Å². The zero-order valence-electron chi connectivity index (χ0n) is 37.8. The number of benzene rings is 4. The minimum atomic E-state index is -0.796. The van der Waals surface area contributed by atoms with Crippen molar-refractivity contribution in [2.45, 2.75) is 83.6 Å². The number of methoxy groups -OCH3 is 3. The van der Waals surface area contributed by atoms with E-state index >= 15 is 0 Å². The fraction of sp³-hybridized carbons (Fsp3) is 0.308. The van der Waals surface area contributed by atoms with Crippen LogP contribution in [0.1, 0.15) is 88.8 Å². The summed E-state index contributed by atoms with van der Waals surface area (Å²) in [5.74, 6) is 1.41. The van der Waals surface area contributed by atoms with Crippen LogP contribution in [0.3, 0.4) is 0 Å². The van der Waals surface area contributed by atoms with Crippen molar-refractivity contribution < 1.29 is 43.6 Å². The predicted octanol–water partition coefficient (Wildman–Crippen LogP) is 10.4. The highest BCUT2D eigenvalue weighted by molar-refractivity contribution is 5.97. The van der Waals surface area contributed by atoms with E-state index in [4.69, 9.17) is 28.9 Å². The number of aromatic hydroxyl groups is 1. The zero-order chi connectivity index (χ0) is 46.4. The molecule has 2 aromatic heterocycles. The molecule has 2 fully saturated rings. The second-order valence-corrected chi connectivity index (χ2v) is 16.2. The topological polar surface area (TPSA) is 165 Å². The van der Waals surface area contributed by atoms with E-state index in [-0.39, 0.29) is 29.5 Å². The number of phenols is 1. The highest BCUT2D eigenvalue weighted by Crippen LogP contribution is 2.41. The summed E-state index contributed by atoms with van der Waals surface area (Å²) in [4.78, 5) is 36.7. The van der Waals surface area contributed by atoms with Crippen molar-refractivity contribution in [2.75, 3.05) is 31.1 Å². The fourth-order valence-corrected chi connectivity index (χ4v) is 8.36. The van der Waals surface area contributed by atoms with Crippen molar-refractivity contribution in [1.29, 1.82) is 0 Å². The van der Waals surface area contributed by atoms with E-state index in [0.29, 0.717) is 35.8 Å². The van der Waals surface area contributed by atoms with Crippen molar-refractivity contribution in [3.05, 3.63) is 150 Å². The Balaban J connectivity index is 0.000000196. The van der Waals surface area contributed by atoms with Crippen LogP contribution in [-0.4, -0.2) is 65.7 Å². The Morgan fingerprint density at radius 2 is 1.17 bits per heavy atom. The summed E-state index contributed by atoms with van der Waals surface area (Å²) in [6, 6.07) is 29.8. The van der Waals surface area contributed by atoms with Crippen LogP contribution in [0.5, 0.6) is 28.7 Å². The molecule has 2 aliphatic carbocycles. The third-order valence-corrected chi connectivity index (χ3v) is 11.8. The molecule has 0 bridgehead atoms. The molecule has 0 saturated heterocycles. The third-order valence-electron chi connectivity index (χ3n) is 11.8. The van der Waals surface area contributed by atoms with Gasteiger partial charge in [-0.25, -0.2) is 10.3 Å². The number of pyridine rings is 2. The average molecular weight is 896 g/mol. The molecule has 0 unspecified atom stereocenters. The first-order chi connectivity index (χ1) is 32.2. The third kappa shape index (κ3) is 11.7. The molecule has 0 atom stereocenters. The molecule has 6 aromatic rings. The van der Waals surface area contributed by atoms with E-state index in [2.05, 4.69) is 20.9 Å². The standard InChI is InChI=1S/C27H30N2O4.C25H27N3O5/c1-19-15-21(27(30)32-3)10-12-24(19)29(18-20-7-6-14-28-17-20)22-11-13-25(31-2)26(16-22)33-23-8-4-5-9-23;1-32-23-11-9-19(14-24(23)33-20-6-2-3-7-20)28(16-17-5-4-12-26-15-17)18-8-10-22(29)21(13-18)25(30)27-31/h6-7,10-17,23H,4-5,8-9,18H2,1-3H3;4-5,8-15,20,29,31H,2-3,6-7,16H2,1H3,(H,27,30). The SMILES string of the molecule is COC(=O)c1ccc(N(Cc2cccnc2)c2ccc(OC)c(OC3CCCC3)c2)c(C)c1.COc1ccc(N(Cc2cccnc2)c2ccc(O)c(C(=O)NO)c2)cc1OC1CCCC1. The van der Waals surface area contributed by atoms with Gasteiger partial charge in [-0.3, -0.25) is 20.0 Å². The zero-order valence-corrected chi connectivity index (χ0v) is 37.8. The van der Waals surface area contributed by atoms with Gasteiger partial charge in [0.25, 0.3) is 5.91 Å². The van der Waals surface area contributed by atoms with Crippen LogP contribution in [-0.2, 0) is 17.8 Å². The molecule has 4 aromatic carbocycles. The number of carbonyl (C=O) groups is 2. The number of phenolic OH excluding ortho intramolecular Hbond substituents is 1. The molecule has 66 heavy (non-hydrogen) atoms. The fourth-order valence-electron chi connectivity index (χ4n) is 8.36. The molecule has 344 valence electrons. The number of hydrogen-bond donors (Lipinski definition) is 3. The molecule has 3 N–H and O–H groups in total. The maximum Gasteiger partial charge on any atom is 0.337 e. The summed E-state index contributed by atoms with van der Waals surface area (Å²) in [5.41, 5.74) is 8.48. The van der Waals surface area contributed by atoms with E-state index in [9.17, 15) is 14.7 Å². The van der Waals surface area contributed by atoms with E-state index in [0.717, 1.165) is 83.8 Å². The Morgan fingerprint density at radius 3 is 1.65 bits per heavy atom.